The minimum atomic E-state index is -0.154. The highest BCUT2D eigenvalue weighted by molar-refractivity contribution is 6.06. The van der Waals surface area contributed by atoms with Crippen LogP contribution in [0.1, 0.15) is 52.7 Å². The number of likely N-dealkylation sites (tertiary alicyclic amines) is 1. The largest absolute Gasteiger partial charge is 0.322 e. The van der Waals surface area contributed by atoms with Gasteiger partial charge in [0.1, 0.15) is 5.78 Å². The Kier molecular flexibility index (Phi) is 5.75. The summed E-state index contributed by atoms with van der Waals surface area (Å²) >= 11 is 0. The number of anilines is 1. The van der Waals surface area contributed by atoms with Crippen LogP contribution in [-0.2, 0) is 17.8 Å². The lowest BCUT2D eigenvalue weighted by molar-refractivity contribution is -0.119. The van der Waals surface area contributed by atoms with Crippen molar-refractivity contribution in [2.75, 3.05) is 18.4 Å². The zero-order chi connectivity index (χ0) is 22.1. The molecule has 1 aromatic heterocycles. The van der Waals surface area contributed by atoms with Crippen molar-refractivity contribution >= 4 is 28.3 Å². The van der Waals surface area contributed by atoms with Gasteiger partial charge in [-0.05, 0) is 86.7 Å². The van der Waals surface area contributed by atoms with E-state index in [9.17, 15) is 9.59 Å². The Morgan fingerprint density at radius 2 is 1.78 bits per heavy atom. The van der Waals surface area contributed by atoms with E-state index < -0.39 is 0 Å². The maximum absolute atomic E-state index is 12.8. The van der Waals surface area contributed by atoms with Crippen LogP contribution in [0.15, 0.2) is 48.7 Å². The van der Waals surface area contributed by atoms with Gasteiger partial charge in [-0.2, -0.15) is 0 Å². The van der Waals surface area contributed by atoms with Crippen LogP contribution in [0.2, 0.25) is 0 Å². The number of benzene rings is 2. The van der Waals surface area contributed by atoms with Crippen molar-refractivity contribution in [1.29, 1.82) is 0 Å². The van der Waals surface area contributed by atoms with E-state index in [4.69, 9.17) is 4.98 Å². The number of rotatable bonds is 7. The van der Waals surface area contributed by atoms with Gasteiger partial charge in [0.15, 0.2) is 0 Å². The molecule has 1 saturated carbocycles. The predicted octanol–water partition coefficient (Wildman–Crippen LogP) is 4.91. The monoisotopic (exact) mass is 427 g/mol. The van der Waals surface area contributed by atoms with Gasteiger partial charge >= 0.3 is 0 Å². The van der Waals surface area contributed by atoms with Crippen LogP contribution in [0.25, 0.3) is 10.9 Å². The molecule has 2 aliphatic rings. The molecular formula is C27H29N3O2. The topological polar surface area (TPSA) is 62.3 Å². The summed E-state index contributed by atoms with van der Waals surface area (Å²) in [6, 6.07) is 13.6. The van der Waals surface area contributed by atoms with Crippen molar-refractivity contribution in [2.24, 2.45) is 5.92 Å². The van der Waals surface area contributed by atoms with Gasteiger partial charge in [-0.1, -0.05) is 18.2 Å². The third kappa shape index (κ3) is 4.58. The smallest absolute Gasteiger partial charge is 0.255 e. The maximum atomic E-state index is 12.8. The van der Waals surface area contributed by atoms with Gasteiger partial charge < -0.3 is 5.32 Å². The van der Waals surface area contributed by atoms with E-state index in [-0.39, 0.29) is 11.8 Å². The van der Waals surface area contributed by atoms with Crippen molar-refractivity contribution in [2.45, 2.75) is 45.6 Å². The molecule has 32 heavy (non-hydrogen) atoms. The fourth-order valence-electron chi connectivity index (χ4n) is 4.53. The lowest BCUT2D eigenvalue weighted by atomic mass is 10.0. The number of nitrogens with one attached hydrogen (secondary N) is 1. The van der Waals surface area contributed by atoms with E-state index in [0.29, 0.717) is 17.8 Å². The molecule has 0 bridgehead atoms. The lowest BCUT2D eigenvalue weighted by Crippen LogP contribution is -2.18. The average Bonchev–Trinajstić information content (AvgIpc) is 3.54. The molecule has 1 saturated heterocycles. The van der Waals surface area contributed by atoms with Crippen molar-refractivity contribution in [3.63, 3.8) is 0 Å². The zero-order valence-corrected chi connectivity index (χ0v) is 18.6. The summed E-state index contributed by atoms with van der Waals surface area (Å²) in [5.41, 5.74) is 5.44. The summed E-state index contributed by atoms with van der Waals surface area (Å²) in [6.45, 7) is 5.28. The molecule has 5 nitrogen and oxygen atoms in total. The molecule has 0 unspecified atom stereocenters. The maximum Gasteiger partial charge on any atom is 0.255 e. The number of hydrogen-bond acceptors (Lipinski definition) is 4. The van der Waals surface area contributed by atoms with Crippen molar-refractivity contribution in [1.82, 2.24) is 9.88 Å². The second-order valence-electron chi connectivity index (χ2n) is 9.21. The van der Waals surface area contributed by atoms with E-state index in [1.54, 1.807) is 12.1 Å². The molecule has 2 heterocycles. The number of amides is 1. The van der Waals surface area contributed by atoms with E-state index in [2.05, 4.69) is 16.3 Å². The van der Waals surface area contributed by atoms with Gasteiger partial charge in [0, 0.05) is 41.7 Å². The molecule has 0 spiro atoms. The second kappa shape index (κ2) is 8.83. The predicted molar refractivity (Wildman–Crippen MR) is 127 cm³/mol. The standard InChI is InChI=1S/C27H29N3O2/c1-18-24(11-10-23-14-20(16-28-26(18)23)17-30-12-2-3-13-30)29-27(32)22-6-4-19(5-7-22)15-25(31)21-8-9-21/h4-7,10-11,14,16,21H,2-3,8-9,12-13,15,17H2,1H3,(H,29,32). The Balaban J connectivity index is 1.28. The van der Waals surface area contributed by atoms with E-state index in [0.717, 1.165) is 47.1 Å². The third-order valence-electron chi connectivity index (χ3n) is 6.64. The number of aromatic nitrogens is 1. The molecular weight excluding hydrogens is 398 g/mol. The van der Waals surface area contributed by atoms with E-state index >= 15 is 0 Å². The summed E-state index contributed by atoms with van der Waals surface area (Å²) in [6.07, 6.45) is 7.04. The Hall–Kier alpha value is -3.05. The minimum Gasteiger partial charge on any atom is -0.322 e. The van der Waals surface area contributed by atoms with E-state index in [1.807, 2.05) is 37.4 Å². The molecule has 0 radical (unpaired) electrons. The number of nitrogens with zero attached hydrogens (tertiary/aromatic N) is 2. The first-order valence-electron chi connectivity index (χ1n) is 11.6. The number of carbonyl (C=O) groups is 2. The number of pyridine rings is 1. The van der Waals surface area contributed by atoms with Crippen molar-refractivity contribution < 1.29 is 9.59 Å². The van der Waals surface area contributed by atoms with E-state index in [1.165, 1.54) is 31.5 Å². The molecule has 2 aromatic carbocycles. The number of Topliss-reactive ketones (excluding diaryl/α,β-unsaturated/α-hetero) is 1. The summed E-state index contributed by atoms with van der Waals surface area (Å²) in [5, 5.41) is 4.13. The van der Waals surface area contributed by atoms with Gasteiger partial charge in [-0.25, -0.2) is 0 Å². The van der Waals surface area contributed by atoms with Crippen LogP contribution in [-0.4, -0.2) is 34.7 Å². The first kappa shape index (κ1) is 20.8. The normalized spacial score (nSPS) is 16.4. The van der Waals surface area contributed by atoms with Crippen LogP contribution in [0.5, 0.6) is 0 Å². The number of ketones is 1. The molecule has 5 heteroatoms. The zero-order valence-electron chi connectivity index (χ0n) is 18.6. The Morgan fingerprint density at radius 3 is 2.50 bits per heavy atom. The fraction of sp³-hybridized carbons (Fsp3) is 0.370. The highest BCUT2D eigenvalue weighted by Gasteiger charge is 2.29. The summed E-state index contributed by atoms with van der Waals surface area (Å²) in [7, 11) is 0. The van der Waals surface area contributed by atoms with Crippen LogP contribution in [0.4, 0.5) is 5.69 Å². The summed E-state index contributed by atoms with van der Waals surface area (Å²) in [4.78, 5) is 32.0. The minimum absolute atomic E-state index is 0.154. The molecule has 1 aliphatic heterocycles. The van der Waals surface area contributed by atoms with Crippen molar-refractivity contribution in [3.8, 4) is 0 Å². The highest BCUT2D eigenvalue weighted by atomic mass is 16.1. The Morgan fingerprint density at radius 1 is 1.03 bits per heavy atom. The Bertz CT molecular complexity index is 1160. The number of hydrogen-bond donors (Lipinski definition) is 1. The molecule has 3 aromatic rings. The summed E-state index contributed by atoms with van der Waals surface area (Å²) in [5.74, 6) is 0.419. The van der Waals surface area contributed by atoms with Crippen molar-refractivity contribution in [3.05, 3.63) is 70.9 Å². The van der Waals surface area contributed by atoms with Gasteiger partial charge in [-0.3, -0.25) is 19.5 Å². The summed E-state index contributed by atoms with van der Waals surface area (Å²) < 4.78 is 0. The fourth-order valence-corrected chi connectivity index (χ4v) is 4.53. The van der Waals surface area contributed by atoms with Crippen LogP contribution in [0.3, 0.4) is 0 Å². The van der Waals surface area contributed by atoms with Gasteiger partial charge in [0.05, 0.1) is 5.52 Å². The SMILES string of the molecule is Cc1c(NC(=O)c2ccc(CC(=O)C3CC3)cc2)ccc2cc(CN3CCCC3)cnc12. The van der Waals surface area contributed by atoms with Crippen LogP contribution >= 0.6 is 0 Å². The van der Waals surface area contributed by atoms with Crippen LogP contribution < -0.4 is 5.32 Å². The second-order valence-corrected chi connectivity index (χ2v) is 9.21. The third-order valence-corrected chi connectivity index (χ3v) is 6.64. The van der Waals surface area contributed by atoms with Gasteiger partial charge in [-0.15, -0.1) is 0 Å². The molecule has 1 aliphatic carbocycles. The first-order chi connectivity index (χ1) is 15.6. The molecule has 164 valence electrons. The lowest BCUT2D eigenvalue weighted by Gasteiger charge is -2.15. The average molecular weight is 428 g/mol. The molecule has 1 amide bonds. The molecule has 2 fully saturated rings. The van der Waals surface area contributed by atoms with Gasteiger partial charge in [0.2, 0.25) is 0 Å². The van der Waals surface area contributed by atoms with Crippen LogP contribution in [0, 0.1) is 12.8 Å². The quantitative estimate of drug-likeness (QED) is 0.582. The molecule has 1 N–H and O–H groups in total. The Labute approximate surface area is 188 Å². The first-order valence-corrected chi connectivity index (χ1v) is 11.6. The number of aryl methyl sites for hydroxylation is 1. The molecule has 5 rings (SSSR count). The number of carbonyl (C=O) groups excluding carboxylic acids is 2. The number of fused-ring (bicyclic) bond motifs is 1. The highest BCUT2D eigenvalue weighted by Crippen LogP contribution is 2.31. The van der Waals surface area contributed by atoms with Gasteiger partial charge in [0.25, 0.3) is 5.91 Å². The molecule has 0 atom stereocenters.